The Balaban J connectivity index is -0.0000000408. The summed E-state index contributed by atoms with van der Waals surface area (Å²) in [5.41, 5.74) is 0. The van der Waals surface area contributed by atoms with E-state index in [1.165, 1.54) is 0 Å². The zero-order chi connectivity index (χ0) is 6.41. The third kappa shape index (κ3) is 11.1. The number of rotatable bonds is 0. The van der Waals surface area contributed by atoms with Crippen LogP contribution < -0.4 is 59.1 Å². The molecular weight excluding hydrogens is 158 g/mol. The fourth-order valence-electron chi connectivity index (χ4n) is 0.0954. The van der Waals surface area contributed by atoms with Crippen molar-refractivity contribution in [3.05, 3.63) is 0 Å². The van der Waals surface area contributed by atoms with E-state index in [0.29, 0.717) is 0 Å². The van der Waals surface area contributed by atoms with Gasteiger partial charge >= 0.3 is 65.3 Å². The molecule has 0 aliphatic carbocycles. The molecule has 0 bridgehead atoms. The standard InChI is InChI=1S/C3N2O3.2Na.2H/c4-1-7-3(6)8-2-5;;;;/q;2*+1;2*-1. The molecule has 0 fully saturated rings. The molecule has 0 rings (SSSR count). The molecule has 0 aliphatic heterocycles. The number of nitrogens with zero attached hydrogens (tertiary/aromatic N) is 2. The molecule has 0 aromatic heterocycles. The monoisotopic (exact) mass is 160 g/mol. The van der Waals surface area contributed by atoms with E-state index < -0.39 is 6.16 Å². The Morgan fingerprint density at radius 3 is 1.70 bits per heavy atom. The van der Waals surface area contributed by atoms with Gasteiger partial charge in [-0.3, -0.25) is 0 Å². The maximum Gasteiger partial charge on any atom is 1.00 e. The Kier molecular flexibility index (Phi) is 20.0. The summed E-state index contributed by atoms with van der Waals surface area (Å²) in [6.45, 7) is 0. The first-order chi connectivity index (χ1) is 3.81. The average Bonchev–Trinajstić information content (AvgIpc) is 1.68. The van der Waals surface area contributed by atoms with Crippen molar-refractivity contribution >= 4 is 6.16 Å². The van der Waals surface area contributed by atoms with E-state index >= 15 is 0 Å². The van der Waals surface area contributed by atoms with Crippen molar-refractivity contribution in [2.24, 2.45) is 0 Å². The van der Waals surface area contributed by atoms with E-state index in [2.05, 4.69) is 9.47 Å². The molecule has 10 heavy (non-hydrogen) atoms. The Morgan fingerprint density at radius 2 is 1.50 bits per heavy atom. The third-order valence-corrected chi connectivity index (χ3v) is 0.258. The van der Waals surface area contributed by atoms with Crippen LogP contribution in [0.25, 0.3) is 0 Å². The Hall–Kier alpha value is 0.250. The van der Waals surface area contributed by atoms with Gasteiger partial charge in [-0.1, -0.05) is 0 Å². The van der Waals surface area contributed by atoms with Crippen molar-refractivity contribution in [2.75, 3.05) is 0 Å². The van der Waals surface area contributed by atoms with Crippen LogP contribution >= 0.6 is 0 Å². The Bertz CT molecular complexity index is 159. The molecule has 0 saturated heterocycles. The van der Waals surface area contributed by atoms with E-state index in [4.69, 9.17) is 10.5 Å². The van der Waals surface area contributed by atoms with Crippen LogP contribution in [0.3, 0.4) is 0 Å². The van der Waals surface area contributed by atoms with Crippen molar-refractivity contribution in [3.8, 4) is 12.5 Å². The average molecular weight is 160 g/mol. The SMILES string of the molecule is N#COC(=O)OC#N.[H-].[H-].[Na+].[Na+]. The van der Waals surface area contributed by atoms with Gasteiger partial charge in [0.2, 0.25) is 0 Å². The summed E-state index contributed by atoms with van der Waals surface area (Å²) in [6, 6.07) is 0. The molecule has 0 aromatic carbocycles. The molecule has 0 N–H and O–H groups in total. The second kappa shape index (κ2) is 12.0. The van der Waals surface area contributed by atoms with Crippen molar-refractivity contribution in [1.29, 1.82) is 10.5 Å². The van der Waals surface area contributed by atoms with Crippen LogP contribution in [-0.4, -0.2) is 6.16 Å². The second-order valence-corrected chi connectivity index (χ2v) is 0.637. The fraction of sp³-hybridized carbons (Fsp3) is 0. The minimum atomic E-state index is -1.31. The van der Waals surface area contributed by atoms with Crippen LogP contribution in [0.1, 0.15) is 2.85 Å². The third-order valence-electron chi connectivity index (χ3n) is 0.258. The molecule has 0 saturated carbocycles. The van der Waals surface area contributed by atoms with Crippen LogP contribution in [0.5, 0.6) is 0 Å². The van der Waals surface area contributed by atoms with Crippen LogP contribution in [0.2, 0.25) is 0 Å². The van der Waals surface area contributed by atoms with Gasteiger partial charge < -0.3 is 12.3 Å². The van der Waals surface area contributed by atoms with Gasteiger partial charge in [0.1, 0.15) is 0 Å². The minimum Gasteiger partial charge on any atom is -1.00 e. The summed E-state index contributed by atoms with van der Waals surface area (Å²) in [6.07, 6.45) is 0.743. The summed E-state index contributed by atoms with van der Waals surface area (Å²) in [5.74, 6) is 0. The normalized spacial score (nSPS) is 4.60. The summed E-state index contributed by atoms with van der Waals surface area (Å²) in [5, 5.41) is 15.2. The van der Waals surface area contributed by atoms with Gasteiger partial charge in [-0.2, -0.15) is 0 Å². The molecule has 0 aliphatic rings. The predicted octanol–water partition coefficient (Wildman–Crippen LogP) is -5.67. The van der Waals surface area contributed by atoms with Crippen molar-refractivity contribution in [3.63, 3.8) is 0 Å². The molecule has 0 spiro atoms. The van der Waals surface area contributed by atoms with Crippen LogP contribution in [0.15, 0.2) is 0 Å². The molecule has 0 aromatic rings. The Labute approximate surface area is 104 Å². The van der Waals surface area contributed by atoms with Crippen molar-refractivity contribution in [1.82, 2.24) is 0 Å². The zero-order valence-electron chi connectivity index (χ0n) is 7.62. The number of hydrogen-bond acceptors (Lipinski definition) is 5. The molecule has 0 amide bonds. The molecule has 0 atom stereocenters. The number of carbonyl (C=O) groups is 1. The molecular formula is C3H2N2Na2O3. The zero-order valence-corrected chi connectivity index (χ0v) is 9.62. The molecule has 44 valence electrons. The number of ether oxygens (including phenoxy) is 2. The van der Waals surface area contributed by atoms with Gasteiger partial charge in [0.25, 0.3) is 12.5 Å². The minimum absolute atomic E-state index is 0. The first kappa shape index (κ1) is 16.7. The van der Waals surface area contributed by atoms with Crippen LogP contribution in [0, 0.1) is 23.0 Å². The number of hydrogen-bond donors (Lipinski definition) is 0. The molecule has 0 unspecified atom stereocenters. The quantitative estimate of drug-likeness (QED) is 0.200. The first-order valence-corrected chi connectivity index (χ1v) is 1.47. The van der Waals surface area contributed by atoms with Gasteiger partial charge in [-0.25, -0.2) is 4.79 Å². The Morgan fingerprint density at radius 1 is 1.20 bits per heavy atom. The summed E-state index contributed by atoms with van der Waals surface area (Å²) >= 11 is 0. The summed E-state index contributed by atoms with van der Waals surface area (Å²) in [4.78, 5) is 9.75. The number of carbonyl (C=O) groups excluding carboxylic acids is 1. The van der Waals surface area contributed by atoms with E-state index in [1.807, 2.05) is 0 Å². The smallest absolute Gasteiger partial charge is 1.00 e. The van der Waals surface area contributed by atoms with E-state index in [1.54, 1.807) is 0 Å². The molecule has 0 heterocycles. The van der Waals surface area contributed by atoms with Crippen molar-refractivity contribution < 1.29 is 76.2 Å². The van der Waals surface area contributed by atoms with Gasteiger partial charge in [-0.15, -0.1) is 10.5 Å². The summed E-state index contributed by atoms with van der Waals surface area (Å²) in [7, 11) is 0. The van der Waals surface area contributed by atoms with Gasteiger partial charge in [0, 0.05) is 0 Å². The summed E-state index contributed by atoms with van der Waals surface area (Å²) < 4.78 is 7.01. The van der Waals surface area contributed by atoms with Crippen molar-refractivity contribution in [2.45, 2.75) is 0 Å². The maximum absolute atomic E-state index is 9.75. The van der Waals surface area contributed by atoms with Crippen LogP contribution in [0.4, 0.5) is 4.79 Å². The van der Waals surface area contributed by atoms with Gasteiger partial charge in [0.05, 0.1) is 0 Å². The predicted molar refractivity (Wildman–Crippen MR) is 21.0 cm³/mol. The van der Waals surface area contributed by atoms with Crippen LogP contribution in [-0.2, 0) is 9.47 Å². The molecule has 5 nitrogen and oxygen atoms in total. The topological polar surface area (TPSA) is 83.1 Å². The van der Waals surface area contributed by atoms with E-state index in [-0.39, 0.29) is 62.0 Å². The van der Waals surface area contributed by atoms with E-state index in [9.17, 15) is 4.79 Å². The number of nitriles is 2. The largest absolute Gasteiger partial charge is 1.00 e. The molecule has 0 radical (unpaired) electrons. The molecule has 7 heteroatoms. The fourth-order valence-corrected chi connectivity index (χ4v) is 0.0954. The van der Waals surface area contributed by atoms with E-state index in [0.717, 1.165) is 12.5 Å². The second-order valence-electron chi connectivity index (χ2n) is 0.637. The maximum atomic E-state index is 9.75. The first-order valence-electron chi connectivity index (χ1n) is 1.47. The van der Waals surface area contributed by atoms with Gasteiger partial charge in [-0.05, 0) is 0 Å². The van der Waals surface area contributed by atoms with Gasteiger partial charge in [0.15, 0.2) is 0 Å².